The maximum Gasteiger partial charge on any atom is 0.257 e. The number of hydrogen-bond donors (Lipinski definition) is 2. The number of aromatic nitrogens is 3. The van der Waals surface area contributed by atoms with E-state index in [1.807, 2.05) is 32.0 Å². The predicted octanol–water partition coefficient (Wildman–Crippen LogP) is 1.88. The van der Waals surface area contributed by atoms with Crippen molar-refractivity contribution in [3.63, 3.8) is 0 Å². The summed E-state index contributed by atoms with van der Waals surface area (Å²) in [4.78, 5) is 16.9. The summed E-state index contributed by atoms with van der Waals surface area (Å²) in [5.74, 6) is 1.35. The zero-order valence-corrected chi connectivity index (χ0v) is 14.5. The summed E-state index contributed by atoms with van der Waals surface area (Å²) in [6.45, 7) is 4.80. The van der Waals surface area contributed by atoms with E-state index in [9.17, 15) is 4.79 Å². The number of nitrogens with one attached hydrogen (secondary N) is 1. The smallest absolute Gasteiger partial charge is 0.257 e. The lowest BCUT2D eigenvalue weighted by Gasteiger charge is -2.21. The number of ether oxygens (including phenoxy) is 2. The third-order valence-corrected chi connectivity index (χ3v) is 4.30. The minimum absolute atomic E-state index is 0.243. The number of carbonyl (C=O) groups is 1. The molecule has 0 bridgehead atoms. The second-order valence-electron chi connectivity index (χ2n) is 6.21. The predicted molar refractivity (Wildman–Crippen MR) is 95.4 cm³/mol. The second-order valence-corrected chi connectivity index (χ2v) is 6.21. The normalized spacial score (nSPS) is 14.2. The van der Waals surface area contributed by atoms with E-state index in [4.69, 9.17) is 15.2 Å². The summed E-state index contributed by atoms with van der Waals surface area (Å²) in [6, 6.07) is 7.19. The second kappa shape index (κ2) is 6.21. The first kappa shape index (κ1) is 16.2. The molecule has 0 unspecified atom stereocenters. The van der Waals surface area contributed by atoms with E-state index in [1.54, 1.807) is 6.07 Å². The van der Waals surface area contributed by atoms with Gasteiger partial charge in [-0.3, -0.25) is 4.79 Å². The van der Waals surface area contributed by atoms with Gasteiger partial charge in [-0.05, 0) is 31.5 Å². The first-order valence-electron chi connectivity index (χ1n) is 8.34. The van der Waals surface area contributed by atoms with Crippen molar-refractivity contribution in [2.75, 3.05) is 18.9 Å². The van der Waals surface area contributed by atoms with Crippen LogP contribution in [0.3, 0.4) is 0 Å². The average Bonchev–Trinajstić information content (AvgIpc) is 3.02. The third-order valence-electron chi connectivity index (χ3n) is 4.30. The summed E-state index contributed by atoms with van der Waals surface area (Å²) in [7, 11) is 0. The molecular formula is C18H19N5O3. The molecule has 8 heteroatoms. The van der Waals surface area contributed by atoms with Gasteiger partial charge in [0.2, 0.25) is 0 Å². The molecular weight excluding hydrogens is 334 g/mol. The Bertz CT molecular complexity index is 998. The SMILES string of the molecule is Cc1cc2ncc(C(=O)N[C@H](C)c3ccc4c(c3)OCCO4)c(N)n2n1. The molecule has 1 aliphatic rings. The molecule has 3 aromatic rings. The monoisotopic (exact) mass is 353 g/mol. The van der Waals surface area contributed by atoms with Gasteiger partial charge in [-0.1, -0.05) is 6.07 Å². The molecule has 0 saturated heterocycles. The molecule has 0 saturated carbocycles. The average molecular weight is 353 g/mol. The Kier molecular flexibility index (Phi) is 3.87. The number of aryl methyl sites for hydroxylation is 1. The van der Waals surface area contributed by atoms with Gasteiger partial charge >= 0.3 is 0 Å². The summed E-state index contributed by atoms with van der Waals surface area (Å²) < 4.78 is 12.6. The fraction of sp³-hybridized carbons (Fsp3) is 0.278. The van der Waals surface area contributed by atoms with Crippen LogP contribution < -0.4 is 20.5 Å². The Labute approximate surface area is 149 Å². The van der Waals surface area contributed by atoms with E-state index < -0.39 is 0 Å². The Morgan fingerprint density at radius 3 is 2.85 bits per heavy atom. The number of benzene rings is 1. The molecule has 3 N–H and O–H groups in total. The standard InChI is InChI=1S/C18H19N5O3/c1-10-7-16-20-9-13(17(19)23(16)22-10)18(24)21-11(2)12-3-4-14-15(8-12)26-6-5-25-14/h3-4,7-9,11H,5-6,19H2,1-2H3,(H,21,24)/t11-/m1/s1. The van der Waals surface area contributed by atoms with Crippen LogP contribution in [0.2, 0.25) is 0 Å². The zero-order chi connectivity index (χ0) is 18.3. The van der Waals surface area contributed by atoms with Gasteiger partial charge < -0.3 is 20.5 Å². The Morgan fingerprint density at radius 2 is 2.04 bits per heavy atom. The van der Waals surface area contributed by atoms with E-state index in [-0.39, 0.29) is 23.3 Å². The molecule has 0 spiro atoms. The van der Waals surface area contributed by atoms with E-state index >= 15 is 0 Å². The van der Waals surface area contributed by atoms with Gasteiger partial charge in [-0.2, -0.15) is 9.61 Å². The van der Waals surface area contributed by atoms with E-state index in [0.717, 1.165) is 11.3 Å². The highest BCUT2D eigenvalue weighted by atomic mass is 16.6. The Hall–Kier alpha value is -3.29. The van der Waals surface area contributed by atoms with Crippen molar-refractivity contribution in [3.05, 3.63) is 47.3 Å². The van der Waals surface area contributed by atoms with Gasteiger partial charge in [0.25, 0.3) is 5.91 Å². The van der Waals surface area contributed by atoms with Gasteiger partial charge in [0.15, 0.2) is 17.1 Å². The largest absolute Gasteiger partial charge is 0.486 e. The topological polar surface area (TPSA) is 104 Å². The molecule has 1 atom stereocenters. The van der Waals surface area contributed by atoms with Crippen LogP contribution in [0.4, 0.5) is 5.82 Å². The molecule has 8 nitrogen and oxygen atoms in total. The fourth-order valence-electron chi connectivity index (χ4n) is 2.93. The number of rotatable bonds is 3. The number of anilines is 1. The number of amides is 1. The quantitative estimate of drug-likeness (QED) is 0.745. The lowest BCUT2D eigenvalue weighted by molar-refractivity contribution is 0.0940. The number of nitrogen functional groups attached to an aromatic ring is 1. The maximum atomic E-state index is 12.7. The number of nitrogens with two attached hydrogens (primary N) is 1. The number of carbonyl (C=O) groups excluding carboxylic acids is 1. The summed E-state index contributed by atoms with van der Waals surface area (Å²) in [5, 5.41) is 7.20. The highest BCUT2D eigenvalue weighted by Crippen LogP contribution is 2.32. The highest BCUT2D eigenvalue weighted by Gasteiger charge is 2.19. The molecule has 2 aromatic heterocycles. The summed E-state index contributed by atoms with van der Waals surface area (Å²) in [6.07, 6.45) is 1.47. The molecule has 1 aromatic carbocycles. The molecule has 0 aliphatic carbocycles. The number of fused-ring (bicyclic) bond motifs is 2. The molecule has 1 aliphatic heterocycles. The lowest BCUT2D eigenvalue weighted by Crippen LogP contribution is -2.28. The fourth-order valence-corrected chi connectivity index (χ4v) is 2.93. The Balaban J connectivity index is 1.57. The van der Waals surface area contributed by atoms with Gasteiger partial charge in [-0.25, -0.2) is 4.98 Å². The van der Waals surface area contributed by atoms with Crippen LogP contribution in [-0.4, -0.2) is 33.7 Å². The van der Waals surface area contributed by atoms with Crippen LogP contribution in [0, 0.1) is 6.92 Å². The molecule has 0 fully saturated rings. The van der Waals surface area contributed by atoms with E-state index in [2.05, 4.69) is 15.4 Å². The zero-order valence-electron chi connectivity index (χ0n) is 14.5. The van der Waals surface area contributed by atoms with Crippen molar-refractivity contribution in [1.29, 1.82) is 0 Å². The van der Waals surface area contributed by atoms with Crippen LogP contribution in [0.15, 0.2) is 30.5 Å². The number of nitrogens with zero attached hydrogens (tertiary/aromatic N) is 3. The van der Waals surface area contributed by atoms with Crippen molar-refractivity contribution in [1.82, 2.24) is 19.9 Å². The Morgan fingerprint density at radius 1 is 1.27 bits per heavy atom. The van der Waals surface area contributed by atoms with Crippen molar-refractivity contribution in [2.45, 2.75) is 19.9 Å². The van der Waals surface area contributed by atoms with Crippen LogP contribution >= 0.6 is 0 Å². The first-order chi connectivity index (χ1) is 12.5. The van der Waals surface area contributed by atoms with Crippen molar-refractivity contribution < 1.29 is 14.3 Å². The van der Waals surface area contributed by atoms with Crippen LogP contribution in [-0.2, 0) is 0 Å². The van der Waals surface area contributed by atoms with E-state index in [1.165, 1.54) is 10.7 Å². The molecule has 134 valence electrons. The van der Waals surface area contributed by atoms with Gasteiger partial charge in [0.05, 0.1) is 17.3 Å². The summed E-state index contributed by atoms with van der Waals surface area (Å²) in [5.41, 5.74) is 8.68. The van der Waals surface area contributed by atoms with Gasteiger partial charge in [0, 0.05) is 12.3 Å². The van der Waals surface area contributed by atoms with Gasteiger partial charge in [0.1, 0.15) is 19.0 Å². The van der Waals surface area contributed by atoms with Crippen molar-refractivity contribution in [2.24, 2.45) is 0 Å². The minimum atomic E-state index is -0.313. The van der Waals surface area contributed by atoms with Crippen LogP contribution in [0.1, 0.15) is 34.6 Å². The molecule has 1 amide bonds. The minimum Gasteiger partial charge on any atom is -0.486 e. The highest BCUT2D eigenvalue weighted by molar-refractivity contribution is 5.98. The molecule has 3 heterocycles. The number of hydrogen-bond acceptors (Lipinski definition) is 6. The van der Waals surface area contributed by atoms with Crippen LogP contribution in [0.25, 0.3) is 5.65 Å². The molecule has 4 rings (SSSR count). The van der Waals surface area contributed by atoms with Crippen molar-refractivity contribution >= 4 is 17.4 Å². The van der Waals surface area contributed by atoms with Crippen LogP contribution in [0.5, 0.6) is 11.5 Å². The lowest BCUT2D eigenvalue weighted by atomic mass is 10.1. The van der Waals surface area contributed by atoms with Crippen molar-refractivity contribution in [3.8, 4) is 11.5 Å². The molecule has 26 heavy (non-hydrogen) atoms. The third kappa shape index (κ3) is 2.79. The van der Waals surface area contributed by atoms with E-state index in [0.29, 0.717) is 30.4 Å². The maximum absolute atomic E-state index is 12.7. The summed E-state index contributed by atoms with van der Waals surface area (Å²) >= 11 is 0. The first-order valence-corrected chi connectivity index (χ1v) is 8.34. The molecule has 0 radical (unpaired) electrons. The van der Waals surface area contributed by atoms with Gasteiger partial charge in [-0.15, -0.1) is 0 Å².